The lowest BCUT2D eigenvalue weighted by Gasteiger charge is -2.34. The number of benzene rings is 1. The van der Waals surface area contributed by atoms with Crippen LogP contribution in [0.3, 0.4) is 0 Å². The minimum Gasteiger partial charge on any atom is -0.487 e. The molecular weight excluding hydrogens is 408 g/mol. The number of likely N-dealkylation sites (tertiary alicyclic amines) is 1. The SMILES string of the molecule is CC(C)(C)OC(=O)N1CCC(CN2Cc3cccc(O[C@@H]4CCCC[C@H]4O)c3C2=O)CC1. The fraction of sp³-hybridized carbons (Fsp3) is 0.680. The Balaban J connectivity index is 1.34. The van der Waals surface area contributed by atoms with Gasteiger partial charge in [-0.25, -0.2) is 4.79 Å². The van der Waals surface area contributed by atoms with Crippen molar-refractivity contribution in [1.29, 1.82) is 0 Å². The lowest BCUT2D eigenvalue weighted by molar-refractivity contribution is 0.00632. The normalized spacial score (nSPS) is 24.4. The molecule has 2 aliphatic heterocycles. The van der Waals surface area contributed by atoms with E-state index in [1.54, 1.807) is 4.90 Å². The minimum absolute atomic E-state index is 0.00970. The molecule has 2 fully saturated rings. The molecule has 2 amide bonds. The number of hydrogen-bond acceptors (Lipinski definition) is 5. The molecule has 1 aliphatic carbocycles. The van der Waals surface area contributed by atoms with Gasteiger partial charge in [0.2, 0.25) is 0 Å². The van der Waals surface area contributed by atoms with Crippen molar-refractivity contribution in [3.63, 3.8) is 0 Å². The Morgan fingerprint density at radius 2 is 1.84 bits per heavy atom. The summed E-state index contributed by atoms with van der Waals surface area (Å²) in [7, 11) is 0. The first-order valence-electron chi connectivity index (χ1n) is 11.9. The average Bonchev–Trinajstić information content (AvgIpc) is 3.05. The maximum atomic E-state index is 13.2. The Morgan fingerprint density at radius 3 is 2.53 bits per heavy atom. The molecule has 1 aromatic carbocycles. The summed E-state index contributed by atoms with van der Waals surface area (Å²) in [6, 6.07) is 5.77. The summed E-state index contributed by atoms with van der Waals surface area (Å²) in [6.45, 7) is 8.21. The second-order valence-corrected chi connectivity index (χ2v) is 10.4. The third kappa shape index (κ3) is 5.20. The number of aliphatic hydroxyl groups excluding tert-OH is 1. The van der Waals surface area contributed by atoms with E-state index < -0.39 is 11.7 Å². The van der Waals surface area contributed by atoms with Gasteiger partial charge < -0.3 is 24.4 Å². The van der Waals surface area contributed by atoms with Crippen LogP contribution < -0.4 is 4.74 Å². The first-order chi connectivity index (χ1) is 15.2. The number of amides is 2. The van der Waals surface area contributed by atoms with E-state index >= 15 is 0 Å². The fourth-order valence-corrected chi connectivity index (χ4v) is 4.95. The highest BCUT2D eigenvalue weighted by Gasteiger charge is 2.35. The smallest absolute Gasteiger partial charge is 0.410 e. The number of carbonyl (C=O) groups excluding carboxylic acids is 2. The van der Waals surface area contributed by atoms with Gasteiger partial charge in [0.1, 0.15) is 17.5 Å². The van der Waals surface area contributed by atoms with E-state index in [9.17, 15) is 14.7 Å². The van der Waals surface area contributed by atoms with Crippen LogP contribution in [0.5, 0.6) is 5.75 Å². The summed E-state index contributed by atoms with van der Waals surface area (Å²) in [5.41, 5.74) is 1.15. The number of aliphatic hydroxyl groups is 1. The van der Waals surface area contributed by atoms with Crippen LogP contribution in [0.15, 0.2) is 18.2 Å². The topological polar surface area (TPSA) is 79.3 Å². The number of ether oxygens (including phenoxy) is 2. The quantitative estimate of drug-likeness (QED) is 0.760. The molecule has 0 spiro atoms. The van der Waals surface area contributed by atoms with Gasteiger partial charge in [-0.15, -0.1) is 0 Å². The zero-order chi connectivity index (χ0) is 22.9. The summed E-state index contributed by atoms with van der Waals surface area (Å²) in [5, 5.41) is 10.3. The lowest BCUT2D eigenvalue weighted by atomic mass is 9.94. The van der Waals surface area contributed by atoms with Gasteiger partial charge in [-0.3, -0.25) is 4.79 Å². The van der Waals surface area contributed by atoms with Gasteiger partial charge in [-0.2, -0.15) is 0 Å². The second-order valence-electron chi connectivity index (χ2n) is 10.4. The molecule has 7 nitrogen and oxygen atoms in total. The summed E-state index contributed by atoms with van der Waals surface area (Å²) in [6.07, 6.45) is 4.38. The number of nitrogens with zero attached hydrogens (tertiary/aromatic N) is 2. The summed E-state index contributed by atoms with van der Waals surface area (Å²) >= 11 is 0. The average molecular weight is 445 g/mol. The Morgan fingerprint density at radius 1 is 1.12 bits per heavy atom. The Kier molecular flexibility index (Phi) is 6.65. The van der Waals surface area contributed by atoms with E-state index in [0.717, 1.165) is 44.1 Å². The fourth-order valence-electron chi connectivity index (χ4n) is 4.95. The highest BCUT2D eigenvalue weighted by Crippen LogP contribution is 2.34. The zero-order valence-corrected chi connectivity index (χ0v) is 19.5. The summed E-state index contributed by atoms with van der Waals surface area (Å²) in [4.78, 5) is 29.2. The molecule has 1 aromatic rings. The molecule has 3 aliphatic rings. The molecule has 176 valence electrons. The third-order valence-electron chi connectivity index (χ3n) is 6.67. The highest BCUT2D eigenvalue weighted by molar-refractivity contribution is 6.01. The van der Waals surface area contributed by atoms with Crippen molar-refractivity contribution in [3.05, 3.63) is 29.3 Å². The molecule has 4 rings (SSSR count). The summed E-state index contributed by atoms with van der Waals surface area (Å²) < 4.78 is 11.6. The molecule has 7 heteroatoms. The Bertz CT molecular complexity index is 841. The highest BCUT2D eigenvalue weighted by atomic mass is 16.6. The van der Waals surface area contributed by atoms with E-state index in [0.29, 0.717) is 43.4 Å². The second kappa shape index (κ2) is 9.30. The van der Waals surface area contributed by atoms with Crippen molar-refractivity contribution in [2.75, 3.05) is 19.6 Å². The monoisotopic (exact) mass is 444 g/mol. The molecule has 0 bridgehead atoms. The van der Waals surface area contributed by atoms with E-state index in [1.807, 2.05) is 43.9 Å². The molecule has 1 saturated carbocycles. The largest absolute Gasteiger partial charge is 0.487 e. The molecule has 2 heterocycles. The molecular formula is C25H36N2O5. The van der Waals surface area contributed by atoms with Crippen molar-refractivity contribution in [1.82, 2.24) is 9.80 Å². The van der Waals surface area contributed by atoms with Gasteiger partial charge in [-0.1, -0.05) is 18.6 Å². The van der Waals surface area contributed by atoms with Crippen LogP contribution in [0.1, 0.15) is 75.2 Å². The molecule has 1 saturated heterocycles. The minimum atomic E-state index is -0.491. The molecule has 32 heavy (non-hydrogen) atoms. The van der Waals surface area contributed by atoms with Gasteiger partial charge in [0.25, 0.3) is 5.91 Å². The van der Waals surface area contributed by atoms with Gasteiger partial charge >= 0.3 is 6.09 Å². The van der Waals surface area contributed by atoms with E-state index in [4.69, 9.17) is 9.47 Å². The molecule has 2 atom stereocenters. The maximum Gasteiger partial charge on any atom is 0.410 e. The maximum absolute atomic E-state index is 13.2. The molecule has 0 unspecified atom stereocenters. The number of rotatable bonds is 4. The van der Waals surface area contributed by atoms with Gasteiger partial charge in [0.05, 0.1) is 11.7 Å². The number of fused-ring (bicyclic) bond motifs is 1. The molecule has 0 radical (unpaired) electrons. The molecule has 0 aromatic heterocycles. The van der Waals surface area contributed by atoms with Gasteiger partial charge in [-0.05, 0) is 70.4 Å². The van der Waals surface area contributed by atoms with Crippen molar-refractivity contribution in [2.45, 2.75) is 83.6 Å². The van der Waals surface area contributed by atoms with Crippen molar-refractivity contribution < 1.29 is 24.2 Å². The van der Waals surface area contributed by atoms with Crippen molar-refractivity contribution >= 4 is 12.0 Å². The third-order valence-corrected chi connectivity index (χ3v) is 6.67. The van der Waals surface area contributed by atoms with E-state index in [2.05, 4.69) is 0 Å². The van der Waals surface area contributed by atoms with Gasteiger partial charge in [0, 0.05) is 26.2 Å². The van der Waals surface area contributed by atoms with E-state index in [1.165, 1.54) is 0 Å². The zero-order valence-electron chi connectivity index (χ0n) is 19.5. The van der Waals surface area contributed by atoms with Crippen LogP contribution in [0.25, 0.3) is 0 Å². The van der Waals surface area contributed by atoms with E-state index in [-0.39, 0.29) is 18.1 Å². The summed E-state index contributed by atoms with van der Waals surface area (Å²) in [5.74, 6) is 0.965. The van der Waals surface area contributed by atoms with Gasteiger partial charge in [0.15, 0.2) is 0 Å². The number of piperidine rings is 1. The number of carbonyl (C=O) groups is 2. The Labute approximate surface area is 190 Å². The number of hydrogen-bond donors (Lipinski definition) is 1. The van der Waals surface area contributed by atoms with Crippen molar-refractivity contribution in [2.24, 2.45) is 5.92 Å². The standard InChI is InChI=1S/C25H36N2O5/c1-25(2,3)32-24(30)26-13-11-17(12-14-26)15-27-16-18-7-6-10-21(22(18)23(27)29)31-20-9-5-4-8-19(20)28/h6-7,10,17,19-20,28H,4-5,8-9,11-16H2,1-3H3/t19-,20-/m1/s1. The first kappa shape index (κ1) is 22.9. The Hall–Kier alpha value is -2.28. The van der Waals surface area contributed by atoms with Crippen LogP contribution in [-0.2, 0) is 11.3 Å². The molecule has 1 N–H and O–H groups in total. The van der Waals surface area contributed by atoms with Crippen LogP contribution in [-0.4, -0.2) is 64.4 Å². The van der Waals surface area contributed by atoms with Crippen LogP contribution in [0, 0.1) is 5.92 Å². The van der Waals surface area contributed by atoms with Crippen LogP contribution in [0.2, 0.25) is 0 Å². The predicted octanol–water partition coefficient (Wildman–Crippen LogP) is 3.97. The van der Waals surface area contributed by atoms with Crippen LogP contribution in [0.4, 0.5) is 4.79 Å². The lowest BCUT2D eigenvalue weighted by Crippen LogP contribution is -2.43. The predicted molar refractivity (Wildman–Crippen MR) is 121 cm³/mol. The first-order valence-corrected chi connectivity index (χ1v) is 11.9. The van der Waals surface area contributed by atoms with Crippen molar-refractivity contribution in [3.8, 4) is 5.75 Å². The van der Waals surface area contributed by atoms with Crippen LogP contribution >= 0.6 is 0 Å².